The van der Waals surface area contributed by atoms with Gasteiger partial charge < -0.3 is 9.73 Å². The number of carbonyl (C=O) groups is 2. The number of hydrogen-bond acceptors (Lipinski definition) is 5. The average molecular weight is 402 g/mol. The maximum atomic E-state index is 13.3. The number of carbonyl (C=O) groups excluding carboxylic acids is 2. The lowest BCUT2D eigenvalue weighted by Gasteiger charge is -2.42. The molecule has 0 saturated carbocycles. The number of benzene rings is 2. The minimum atomic E-state index is -1.12. The van der Waals surface area contributed by atoms with Gasteiger partial charge >= 0.3 is 0 Å². The molecule has 0 unspecified atom stereocenters. The van der Waals surface area contributed by atoms with Crippen LogP contribution in [0.15, 0.2) is 64.1 Å². The fraction of sp³-hybridized carbons (Fsp3) is 0.182. The van der Waals surface area contributed by atoms with E-state index in [0.29, 0.717) is 22.5 Å². The SMILES string of the molecule is CC1(C)C(=O)Nc2ccccc2N1C(=O)Cn1cnc2c(oc3ccccc32)c1=O. The van der Waals surface area contributed by atoms with Crippen molar-refractivity contribution in [2.24, 2.45) is 0 Å². The molecule has 1 aliphatic heterocycles. The zero-order valence-electron chi connectivity index (χ0n) is 16.4. The molecule has 0 spiro atoms. The van der Waals surface area contributed by atoms with Gasteiger partial charge in [0.1, 0.15) is 23.2 Å². The van der Waals surface area contributed by atoms with Gasteiger partial charge in [-0.3, -0.25) is 23.9 Å². The highest BCUT2D eigenvalue weighted by molar-refractivity contribution is 6.14. The first-order valence-electron chi connectivity index (χ1n) is 9.48. The standard InChI is InChI=1S/C22H18N4O4/c1-22(2)21(29)24-14-8-4-5-9-15(14)26(22)17(27)11-25-12-23-18-13-7-3-6-10-16(13)30-19(18)20(25)28/h3-10,12H,11H2,1-2H3,(H,24,29). The number of amides is 2. The first-order valence-corrected chi connectivity index (χ1v) is 9.48. The summed E-state index contributed by atoms with van der Waals surface area (Å²) in [4.78, 5) is 44.6. The molecule has 8 heteroatoms. The molecule has 5 rings (SSSR count). The van der Waals surface area contributed by atoms with Gasteiger partial charge in [-0.1, -0.05) is 24.3 Å². The molecule has 0 saturated heterocycles. The van der Waals surface area contributed by atoms with Crippen LogP contribution in [-0.2, 0) is 16.1 Å². The van der Waals surface area contributed by atoms with Gasteiger partial charge in [0.05, 0.1) is 17.7 Å². The number of fused-ring (bicyclic) bond motifs is 4. The number of rotatable bonds is 2. The van der Waals surface area contributed by atoms with Crippen LogP contribution in [0.2, 0.25) is 0 Å². The number of aromatic nitrogens is 2. The Morgan fingerprint density at radius 3 is 2.67 bits per heavy atom. The van der Waals surface area contributed by atoms with Crippen molar-refractivity contribution in [1.29, 1.82) is 0 Å². The van der Waals surface area contributed by atoms with Crippen molar-refractivity contribution in [1.82, 2.24) is 9.55 Å². The highest BCUT2D eigenvalue weighted by Crippen LogP contribution is 2.36. The number of hydrogen-bond donors (Lipinski definition) is 1. The Morgan fingerprint density at radius 1 is 1.10 bits per heavy atom. The first kappa shape index (κ1) is 18.1. The summed E-state index contributed by atoms with van der Waals surface area (Å²) in [6, 6.07) is 14.3. The third-order valence-corrected chi connectivity index (χ3v) is 5.41. The molecule has 1 aliphatic rings. The smallest absolute Gasteiger partial charge is 0.297 e. The van der Waals surface area contributed by atoms with Gasteiger partial charge in [0.2, 0.25) is 17.4 Å². The number of nitrogens with zero attached hydrogens (tertiary/aromatic N) is 3. The summed E-state index contributed by atoms with van der Waals surface area (Å²) in [5.41, 5.74) is 0.684. The highest BCUT2D eigenvalue weighted by atomic mass is 16.3. The Labute approximate surface area is 170 Å². The molecule has 0 radical (unpaired) electrons. The summed E-state index contributed by atoms with van der Waals surface area (Å²) in [6.45, 7) is 3.06. The summed E-state index contributed by atoms with van der Waals surface area (Å²) in [6.07, 6.45) is 1.34. The largest absolute Gasteiger partial charge is 0.448 e. The Bertz CT molecular complexity index is 1400. The summed E-state index contributed by atoms with van der Waals surface area (Å²) < 4.78 is 6.89. The second-order valence-corrected chi connectivity index (χ2v) is 7.71. The lowest BCUT2D eigenvalue weighted by atomic mass is 9.96. The fourth-order valence-electron chi connectivity index (χ4n) is 3.84. The summed E-state index contributed by atoms with van der Waals surface area (Å²) >= 11 is 0. The van der Waals surface area contributed by atoms with E-state index < -0.39 is 17.0 Å². The lowest BCUT2D eigenvalue weighted by Crippen LogP contribution is -2.59. The fourth-order valence-corrected chi connectivity index (χ4v) is 3.84. The third-order valence-electron chi connectivity index (χ3n) is 5.41. The minimum absolute atomic E-state index is 0.0996. The van der Waals surface area contributed by atoms with Crippen molar-refractivity contribution < 1.29 is 14.0 Å². The summed E-state index contributed by atoms with van der Waals surface area (Å²) in [5, 5.41) is 3.56. The van der Waals surface area contributed by atoms with Crippen molar-refractivity contribution in [3.63, 3.8) is 0 Å². The molecule has 1 N–H and O–H groups in total. The molecule has 2 aromatic heterocycles. The molecule has 4 aromatic rings. The van der Waals surface area contributed by atoms with E-state index in [0.717, 1.165) is 5.39 Å². The van der Waals surface area contributed by atoms with E-state index in [1.54, 1.807) is 44.2 Å². The molecular formula is C22H18N4O4. The van der Waals surface area contributed by atoms with Crippen LogP contribution in [0.25, 0.3) is 22.1 Å². The molecule has 0 aliphatic carbocycles. The van der Waals surface area contributed by atoms with Crippen LogP contribution in [0.5, 0.6) is 0 Å². The zero-order valence-corrected chi connectivity index (χ0v) is 16.4. The van der Waals surface area contributed by atoms with E-state index in [1.807, 2.05) is 18.2 Å². The van der Waals surface area contributed by atoms with Gasteiger partial charge in [-0.2, -0.15) is 0 Å². The van der Waals surface area contributed by atoms with Crippen molar-refractivity contribution in [3.8, 4) is 0 Å². The summed E-state index contributed by atoms with van der Waals surface area (Å²) in [7, 11) is 0. The average Bonchev–Trinajstić information content (AvgIpc) is 3.10. The third kappa shape index (κ3) is 2.53. The van der Waals surface area contributed by atoms with Gasteiger partial charge in [-0.25, -0.2) is 4.98 Å². The van der Waals surface area contributed by atoms with Crippen molar-refractivity contribution in [2.45, 2.75) is 25.9 Å². The van der Waals surface area contributed by atoms with Crippen molar-refractivity contribution in [2.75, 3.05) is 10.2 Å². The van der Waals surface area contributed by atoms with Gasteiger partial charge in [0.25, 0.3) is 5.56 Å². The topological polar surface area (TPSA) is 97.4 Å². The van der Waals surface area contributed by atoms with E-state index in [4.69, 9.17) is 4.42 Å². The second kappa shape index (κ2) is 6.28. The lowest BCUT2D eigenvalue weighted by molar-refractivity contribution is -0.126. The Balaban J connectivity index is 1.57. The van der Waals surface area contributed by atoms with Crippen LogP contribution < -0.4 is 15.8 Å². The van der Waals surface area contributed by atoms with Crippen LogP contribution >= 0.6 is 0 Å². The Morgan fingerprint density at radius 2 is 1.83 bits per heavy atom. The molecular weight excluding hydrogens is 384 g/mol. The summed E-state index contributed by atoms with van der Waals surface area (Å²) in [5.74, 6) is -0.700. The molecule has 0 bridgehead atoms. The Kier molecular flexibility index (Phi) is 3.79. The van der Waals surface area contributed by atoms with Crippen molar-refractivity contribution in [3.05, 3.63) is 65.2 Å². The van der Waals surface area contributed by atoms with E-state index in [1.165, 1.54) is 15.8 Å². The highest BCUT2D eigenvalue weighted by Gasteiger charge is 2.43. The van der Waals surface area contributed by atoms with Crippen LogP contribution in [0.1, 0.15) is 13.8 Å². The van der Waals surface area contributed by atoms with Gasteiger partial charge in [0.15, 0.2) is 0 Å². The Hall–Kier alpha value is -3.94. The maximum absolute atomic E-state index is 13.3. The van der Waals surface area contributed by atoms with Gasteiger partial charge in [-0.05, 0) is 38.1 Å². The van der Waals surface area contributed by atoms with E-state index in [9.17, 15) is 14.4 Å². The molecule has 2 amide bonds. The quantitative estimate of drug-likeness (QED) is 0.556. The van der Waals surface area contributed by atoms with Crippen LogP contribution in [0, 0.1) is 0 Å². The molecule has 0 fully saturated rings. The number of anilines is 2. The zero-order chi connectivity index (χ0) is 21.0. The molecule has 8 nitrogen and oxygen atoms in total. The first-order chi connectivity index (χ1) is 14.4. The predicted molar refractivity (Wildman–Crippen MR) is 112 cm³/mol. The number of furan rings is 1. The normalized spacial score (nSPS) is 15.3. The van der Waals surface area contributed by atoms with Crippen LogP contribution in [0.4, 0.5) is 11.4 Å². The molecule has 2 aromatic carbocycles. The second-order valence-electron chi connectivity index (χ2n) is 7.71. The maximum Gasteiger partial charge on any atom is 0.297 e. The number of nitrogens with one attached hydrogen (secondary N) is 1. The van der Waals surface area contributed by atoms with Gasteiger partial charge in [-0.15, -0.1) is 0 Å². The van der Waals surface area contributed by atoms with Crippen LogP contribution in [-0.4, -0.2) is 26.9 Å². The minimum Gasteiger partial charge on any atom is -0.448 e. The molecule has 150 valence electrons. The monoisotopic (exact) mass is 402 g/mol. The van der Waals surface area contributed by atoms with Crippen LogP contribution in [0.3, 0.4) is 0 Å². The van der Waals surface area contributed by atoms with E-state index in [2.05, 4.69) is 10.3 Å². The van der Waals surface area contributed by atoms with Crippen molar-refractivity contribution >= 4 is 45.3 Å². The molecule has 0 atom stereocenters. The van der Waals surface area contributed by atoms with E-state index >= 15 is 0 Å². The molecule has 3 heterocycles. The number of para-hydroxylation sites is 3. The van der Waals surface area contributed by atoms with E-state index in [-0.39, 0.29) is 18.0 Å². The predicted octanol–water partition coefficient (Wildman–Crippen LogP) is 2.91. The van der Waals surface area contributed by atoms with Gasteiger partial charge in [0, 0.05) is 5.39 Å². The molecule has 30 heavy (non-hydrogen) atoms.